The van der Waals surface area contributed by atoms with Crippen molar-refractivity contribution >= 4 is 17.6 Å². The molecule has 25 heavy (non-hydrogen) atoms. The molecule has 0 fully saturated rings. The Labute approximate surface area is 149 Å². The number of nitrogens with zero attached hydrogens (tertiary/aromatic N) is 6. The summed E-state index contributed by atoms with van der Waals surface area (Å²) in [4.78, 5) is 13.9. The molecule has 0 aromatic carbocycles. The highest BCUT2D eigenvalue weighted by atomic mass is 15.3. The van der Waals surface area contributed by atoms with E-state index in [1.165, 1.54) is 5.56 Å². The number of hydrogen-bond donors (Lipinski definition) is 1. The first-order valence-corrected chi connectivity index (χ1v) is 8.83. The van der Waals surface area contributed by atoms with Crippen molar-refractivity contribution in [3.8, 4) is 0 Å². The van der Waals surface area contributed by atoms with Crippen LogP contribution in [0.3, 0.4) is 0 Å². The second kappa shape index (κ2) is 7.21. The van der Waals surface area contributed by atoms with Gasteiger partial charge in [0, 0.05) is 45.2 Å². The molecule has 2 aromatic rings. The van der Waals surface area contributed by atoms with E-state index in [0.29, 0.717) is 12.0 Å². The van der Waals surface area contributed by atoms with E-state index in [1.54, 1.807) is 0 Å². The normalized spacial score (nSPS) is 14.2. The van der Waals surface area contributed by atoms with Crippen molar-refractivity contribution < 1.29 is 0 Å². The van der Waals surface area contributed by atoms with Gasteiger partial charge in [0.05, 0.1) is 11.4 Å². The Hall–Kier alpha value is -2.44. The number of aromatic nitrogens is 4. The molecule has 1 aliphatic heterocycles. The maximum Gasteiger partial charge on any atom is 0.225 e. The molecule has 3 heterocycles. The molecule has 3 rings (SSSR count). The van der Waals surface area contributed by atoms with Crippen LogP contribution >= 0.6 is 0 Å². The third-order valence-corrected chi connectivity index (χ3v) is 4.27. The summed E-state index contributed by atoms with van der Waals surface area (Å²) in [6.07, 6.45) is 1.78. The maximum atomic E-state index is 4.79. The maximum absolute atomic E-state index is 4.79. The zero-order chi connectivity index (χ0) is 18.0. The van der Waals surface area contributed by atoms with Crippen LogP contribution in [0.4, 0.5) is 17.6 Å². The van der Waals surface area contributed by atoms with Crippen LogP contribution in [-0.2, 0) is 12.8 Å². The molecule has 2 aromatic heterocycles. The van der Waals surface area contributed by atoms with Gasteiger partial charge in [-0.25, -0.2) is 4.98 Å². The number of nitrogens with one attached hydrogen (secondary N) is 1. The predicted octanol–water partition coefficient (Wildman–Crippen LogP) is 2.07. The Morgan fingerprint density at radius 2 is 1.84 bits per heavy atom. The first-order chi connectivity index (χ1) is 11.9. The van der Waals surface area contributed by atoms with Crippen molar-refractivity contribution in [1.82, 2.24) is 20.2 Å². The lowest BCUT2D eigenvalue weighted by atomic mass is 10.1. The zero-order valence-electron chi connectivity index (χ0n) is 15.7. The SMILES string of the molecule is Cc1ccc(N2CCc3nc(NC(C)C)nc(N(C)C)c3CC2)nn1. The Bertz CT molecular complexity index is 725. The summed E-state index contributed by atoms with van der Waals surface area (Å²) in [6, 6.07) is 4.36. The van der Waals surface area contributed by atoms with Crippen molar-refractivity contribution in [2.45, 2.75) is 39.7 Å². The Kier molecular flexibility index (Phi) is 5.01. The van der Waals surface area contributed by atoms with E-state index in [4.69, 9.17) is 9.97 Å². The zero-order valence-corrected chi connectivity index (χ0v) is 15.7. The average Bonchev–Trinajstić information content (AvgIpc) is 2.77. The summed E-state index contributed by atoms with van der Waals surface area (Å²) in [5.41, 5.74) is 3.30. The molecule has 7 heteroatoms. The van der Waals surface area contributed by atoms with Gasteiger partial charge in [0.2, 0.25) is 5.95 Å². The van der Waals surface area contributed by atoms with E-state index in [1.807, 2.05) is 33.2 Å². The lowest BCUT2D eigenvalue weighted by Gasteiger charge is -2.21. The van der Waals surface area contributed by atoms with Gasteiger partial charge in [-0.2, -0.15) is 10.1 Å². The topological polar surface area (TPSA) is 70.1 Å². The predicted molar refractivity (Wildman–Crippen MR) is 102 cm³/mol. The van der Waals surface area contributed by atoms with Gasteiger partial charge in [-0.15, -0.1) is 5.10 Å². The summed E-state index contributed by atoms with van der Waals surface area (Å²) in [5.74, 6) is 2.64. The van der Waals surface area contributed by atoms with Gasteiger partial charge in [0.25, 0.3) is 0 Å². The smallest absolute Gasteiger partial charge is 0.225 e. The number of hydrogen-bond acceptors (Lipinski definition) is 7. The summed E-state index contributed by atoms with van der Waals surface area (Å²) in [7, 11) is 4.08. The summed E-state index contributed by atoms with van der Waals surface area (Å²) in [5, 5.41) is 11.9. The first-order valence-electron chi connectivity index (χ1n) is 8.83. The van der Waals surface area contributed by atoms with Gasteiger partial charge in [0.15, 0.2) is 5.82 Å². The van der Waals surface area contributed by atoms with Gasteiger partial charge >= 0.3 is 0 Å². The van der Waals surface area contributed by atoms with Crippen molar-refractivity contribution in [3.63, 3.8) is 0 Å². The number of aryl methyl sites for hydroxylation is 1. The van der Waals surface area contributed by atoms with Crippen LogP contribution in [0.25, 0.3) is 0 Å². The lowest BCUT2D eigenvalue weighted by molar-refractivity contribution is 0.770. The highest BCUT2D eigenvalue weighted by Gasteiger charge is 2.22. The van der Waals surface area contributed by atoms with Gasteiger partial charge in [0.1, 0.15) is 5.82 Å². The molecule has 0 aliphatic carbocycles. The van der Waals surface area contributed by atoms with Gasteiger partial charge < -0.3 is 15.1 Å². The van der Waals surface area contributed by atoms with Crippen LogP contribution in [0.2, 0.25) is 0 Å². The summed E-state index contributed by atoms with van der Waals surface area (Å²) in [6.45, 7) is 7.93. The molecule has 0 spiro atoms. The summed E-state index contributed by atoms with van der Waals surface area (Å²) >= 11 is 0. The molecule has 7 nitrogen and oxygen atoms in total. The van der Waals surface area contributed by atoms with E-state index in [-0.39, 0.29) is 0 Å². The molecule has 0 bridgehead atoms. The Morgan fingerprint density at radius 3 is 2.48 bits per heavy atom. The van der Waals surface area contributed by atoms with Crippen molar-refractivity contribution in [2.24, 2.45) is 0 Å². The first kappa shape index (κ1) is 17.4. The molecule has 0 saturated carbocycles. The average molecular weight is 341 g/mol. The van der Waals surface area contributed by atoms with Crippen LogP contribution in [-0.4, -0.2) is 53.4 Å². The van der Waals surface area contributed by atoms with E-state index in [0.717, 1.165) is 49.0 Å². The lowest BCUT2D eigenvalue weighted by Crippen LogP contribution is -2.27. The minimum Gasteiger partial charge on any atom is -0.362 e. The third kappa shape index (κ3) is 3.97. The minimum atomic E-state index is 0.304. The Morgan fingerprint density at radius 1 is 1.08 bits per heavy atom. The van der Waals surface area contributed by atoms with Crippen molar-refractivity contribution in [3.05, 3.63) is 29.1 Å². The fourth-order valence-corrected chi connectivity index (χ4v) is 3.06. The largest absolute Gasteiger partial charge is 0.362 e. The quantitative estimate of drug-likeness (QED) is 0.913. The van der Waals surface area contributed by atoms with Gasteiger partial charge in [-0.05, 0) is 39.3 Å². The highest BCUT2D eigenvalue weighted by Crippen LogP contribution is 2.26. The molecule has 134 valence electrons. The molecule has 1 N–H and O–H groups in total. The molecule has 1 aliphatic rings. The molecule has 0 radical (unpaired) electrons. The van der Waals surface area contributed by atoms with Crippen LogP contribution in [0.15, 0.2) is 12.1 Å². The van der Waals surface area contributed by atoms with E-state index < -0.39 is 0 Å². The van der Waals surface area contributed by atoms with Crippen LogP contribution < -0.4 is 15.1 Å². The molecular weight excluding hydrogens is 314 g/mol. The van der Waals surface area contributed by atoms with Crippen molar-refractivity contribution in [2.75, 3.05) is 42.3 Å². The van der Waals surface area contributed by atoms with Crippen LogP contribution in [0.5, 0.6) is 0 Å². The Balaban J connectivity index is 1.89. The molecule has 0 amide bonds. The van der Waals surface area contributed by atoms with Crippen molar-refractivity contribution in [1.29, 1.82) is 0 Å². The molecule has 0 unspecified atom stereocenters. The minimum absolute atomic E-state index is 0.304. The third-order valence-electron chi connectivity index (χ3n) is 4.27. The fraction of sp³-hybridized carbons (Fsp3) is 0.556. The monoisotopic (exact) mass is 341 g/mol. The standard InChI is InChI=1S/C18H27N7/c1-12(2)19-18-20-15-9-11-25(16-7-6-13(3)22-23-16)10-8-14(15)17(21-18)24(4)5/h6-7,12H,8-11H2,1-5H3,(H,19,20,21). The fourth-order valence-electron chi connectivity index (χ4n) is 3.06. The molecule has 0 saturated heterocycles. The van der Waals surface area contributed by atoms with Crippen LogP contribution in [0, 0.1) is 6.92 Å². The molecule has 0 atom stereocenters. The van der Waals surface area contributed by atoms with E-state index >= 15 is 0 Å². The van der Waals surface area contributed by atoms with E-state index in [9.17, 15) is 0 Å². The summed E-state index contributed by atoms with van der Waals surface area (Å²) < 4.78 is 0. The number of anilines is 3. The number of rotatable bonds is 4. The van der Waals surface area contributed by atoms with E-state index in [2.05, 4.69) is 39.2 Å². The second-order valence-electron chi connectivity index (χ2n) is 7.01. The van der Waals surface area contributed by atoms with Crippen LogP contribution in [0.1, 0.15) is 30.8 Å². The highest BCUT2D eigenvalue weighted by molar-refractivity contribution is 5.54. The van der Waals surface area contributed by atoms with Gasteiger partial charge in [-0.3, -0.25) is 0 Å². The van der Waals surface area contributed by atoms with Gasteiger partial charge in [-0.1, -0.05) is 0 Å². The second-order valence-corrected chi connectivity index (χ2v) is 7.01. The molecular formula is C18H27N7. The number of fused-ring (bicyclic) bond motifs is 1.